The van der Waals surface area contributed by atoms with E-state index in [2.05, 4.69) is 10.9 Å². The predicted octanol–water partition coefficient (Wildman–Crippen LogP) is 6.47. The van der Waals surface area contributed by atoms with Crippen LogP contribution in [0, 0.1) is 24.2 Å². The fourth-order valence-electron chi connectivity index (χ4n) is 2.76. The smallest absolute Gasteiger partial charge is 0.311 e. The molecule has 0 aliphatic rings. The first-order valence-corrected chi connectivity index (χ1v) is 10.6. The fourth-order valence-corrected chi connectivity index (χ4v) is 2.94. The van der Waals surface area contributed by atoms with Gasteiger partial charge in [0.05, 0.1) is 18.2 Å². The Morgan fingerprint density at radius 2 is 1.84 bits per heavy atom. The van der Waals surface area contributed by atoms with Gasteiger partial charge in [-0.25, -0.2) is 4.98 Å². The molecule has 1 heterocycles. The molecule has 164 valence electrons. The highest BCUT2D eigenvalue weighted by Gasteiger charge is 2.26. The predicted molar refractivity (Wildman–Crippen MR) is 122 cm³/mol. The van der Waals surface area contributed by atoms with Gasteiger partial charge >= 0.3 is 5.97 Å². The van der Waals surface area contributed by atoms with E-state index in [4.69, 9.17) is 43.8 Å². The largest absolute Gasteiger partial charge is 0.494 e. The number of carbonyl (C=O) groups is 1. The molecule has 5 nitrogen and oxygen atoms in total. The average Bonchev–Trinajstić information content (AvgIpc) is 2.73. The zero-order chi connectivity index (χ0) is 22.8. The second-order valence-electron chi connectivity index (χ2n) is 6.97. The Morgan fingerprint density at radius 3 is 2.42 bits per heavy atom. The van der Waals surface area contributed by atoms with Gasteiger partial charge in [0, 0.05) is 6.07 Å². The van der Waals surface area contributed by atoms with E-state index < -0.39 is 18.0 Å². The van der Waals surface area contributed by atoms with Crippen LogP contribution in [0.25, 0.3) is 0 Å². The third-order valence-electron chi connectivity index (χ3n) is 4.39. The number of ether oxygens (including phenoxy) is 3. The molecule has 0 saturated carbocycles. The summed E-state index contributed by atoms with van der Waals surface area (Å²) in [6.45, 7) is 6.33. The number of rotatable bonds is 10. The average molecular weight is 462 g/mol. The van der Waals surface area contributed by atoms with E-state index in [0.717, 1.165) is 5.75 Å². The van der Waals surface area contributed by atoms with Crippen molar-refractivity contribution in [3.63, 3.8) is 0 Å². The summed E-state index contributed by atoms with van der Waals surface area (Å²) in [6.07, 6.45) is 6.60. The number of esters is 1. The second-order valence-corrected chi connectivity index (χ2v) is 7.98. The van der Waals surface area contributed by atoms with Crippen LogP contribution in [-0.2, 0) is 9.53 Å². The summed E-state index contributed by atoms with van der Waals surface area (Å²) in [4.78, 5) is 17.1. The number of hydrogen-bond acceptors (Lipinski definition) is 5. The molecule has 31 heavy (non-hydrogen) atoms. The Bertz CT molecular complexity index is 931. The lowest BCUT2D eigenvalue weighted by atomic mass is 9.92. The van der Waals surface area contributed by atoms with Crippen molar-refractivity contribution >= 4 is 29.2 Å². The number of carbonyl (C=O) groups excluding carboxylic acids is 1. The van der Waals surface area contributed by atoms with Crippen LogP contribution in [0.4, 0.5) is 0 Å². The molecule has 1 aromatic carbocycles. The van der Waals surface area contributed by atoms with Crippen LogP contribution in [0.2, 0.25) is 0 Å². The van der Waals surface area contributed by atoms with Crippen LogP contribution in [0.1, 0.15) is 39.0 Å². The summed E-state index contributed by atoms with van der Waals surface area (Å²) in [5, 5.41) is 0. The lowest BCUT2D eigenvalue weighted by Crippen LogP contribution is -2.24. The van der Waals surface area contributed by atoms with Crippen LogP contribution in [-0.4, -0.2) is 17.6 Å². The monoisotopic (exact) mass is 461 g/mol. The third-order valence-corrected chi connectivity index (χ3v) is 4.70. The summed E-state index contributed by atoms with van der Waals surface area (Å²) in [5.74, 6) is 3.28. The summed E-state index contributed by atoms with van der Waals surface area (Å²) >= 11 is 11.4. The van der Waals surface area contributed by atoms with E-state index in [-0.39, 0.29) is 10.4 Å². The molecule has 0 aliphatic carbocycles. The van der Waals surface area contributed by atoms with Gasteiger partial charge in [-0.3, -0.25) is 4.79 Å². The van der Waals surface area contributed by atoms with E-state index >= 15 is 0 Å². The van der Waals surface area contributed by atoms with Gasteiger partial charge in [-0.2, -0.15) is 0 Å². The normalized spacial score (nSPS) is 12.4. The molecule has 0 N–H and O–H groups in total. The first-order valence-electron chi connectivity index (χ1n) is 9.89. The second kappa shape index (κ2) is 12.2. The molecule has 2 unspecified atom stereocenters. The molecule has 1 aromatic heterocycles. The SMILES string of the molecule is C#CC(OC(=O)C(CC=C(Cl)Cl)C(C)C)c1cccc(Oc2ccc(OCC)cc2)n1. The van der Waals surface area contributed by atoms with Gasteiger partial charge in [-0.1, -0.05) is 55.1 Å². The van der Waals surface area contributed by atoms with E-state index in [1.165, 1.54) is 0 Å². The number of terminal acetylenes is 1. The first-order chi connectivity index (χ1) is 14.8. The lowest BCUT2D eigenvalue weighted by molar-refractivity contribution is -0.153. The van der Waals surface area contributed by atoms with E-state index in [0.29, 0.717) is 30.4 Å². The number of allylic oxidation sites excluding steroid dienone is 1. The van der Waals surface area contributed by atoms with Gasteiger partial charge in [-0.15, -0.1) is 6.42 Å². The van der Waals surface area contributed by atoms with Crippen molar-refractivity contribution in [2.75, 3.05) is 6.61 Å². The summed E-state index contributed by atoms with van der Waals surface area (Å²) in [6, 6.07) is 12.3. The zero-order valence-electron chi connectivity index (χ0n) is 17.7. The number of benzene rings is 1. The maximum Gasteiger partial charge on any atom is 0.311 e. The molecular formula is C24H25Cl2NO4. The number of pyridine rings is 1. The van der Waals surface area contributed by atoms with Crippen LogP contribution in [0.5, 0.6) is 17.4 Å². The minimum Gasteiger partial charge on any atom is -0.494 e. The maximum absolute atomic E-state index is 12.7. The zero-order valence-corrected chi connectivity index (χ0v) is 19.2. The molecule has 0 saturated heterocycles. The minimum atomic E-state index is -0.951. The molecule has 0 bridgehead atoms. The van der Waals surface area contributed by atoms with E-state index in [1.54, 1.807) is 36.4 Å². The molecule has 0 spiro atoms. The molecule has 0 fully saturated rings. The Morgan fingerprint density at radius 1 is 1.16 bits per heavy atom. The number of nitrogens with zero attached hydrogens (tertiary/aromatic N) is 1. The van der Waals surface area contributed by atoms with Gasteiger partial charge in [0.25, 0.3) is 0 Å². The van der Waals surface area contributed by atoms with Crippen molar-refractivity contribution in [2.24, 2.45) is 11.8 Å². The van der Waals surface area contributed by atoms with E-state index in [1.807, 2.05) is 32.9 Å². The minimum absolute atomic E-state index is 0.0112. The molecular weight excluding hydrogens is 437 g/mol. The van der Waals surface area contributed by atoms with Crippen molar-refractivity contribution in [1.29, 1.82) is 0 Å². The number of aromatic nitrogens is 1. The number of halogens is 2. The van der Waals surface area contributed by atoms with Crippen LogP contribution >= 0.6 is 23.2 Å². The Labute approximate surface area is 193 Å². The molecule has 0 aliphatic heterocycles. The van der Waals surface area contributed by atoms with Crippen molar-refractivity contribution in [1.82, 2.24) is 4.98 Å². The van der Waals surface area contributed by atoms with Crippen molar-refractivity contribution < 1.29 is 19.0 Å². The van der Waals surface area contributed by atoms with Crippen LogP contribution in [0.3, 0.4) is 0 Å². The van der Waals surface area contributed by atoms with Gasteiger partial charge in [-0.05, 0) is 49.6 Å². The van der Waals surface area contributed by atoms with Gasteiger partial charge in [0.2, 0.25) is 12.0 Å². The van der Waals surface area contributed by atoms with Crippen molar-refractivity contribution in [3.8, 4) is 29.7 Å². The Kier molecular flexibility index (Phi) is 9.71. The fraction of sp³-hybridized carbons (Fsp3) is 0.333. The highest BCUT2D eigenvalue weighted by molar-refractivity contribution is 6.55. The first kappa shape index (κ1) is 24.6. The summed E-state index contributed by atoms with van der Waals surface area (Å²) < 4.78 is 16.9. The lowest BCUT2D eigenvalue weighted by Gasteiger charge is -2.20. The molecule has 2 rings (SSSR count). The summed E-state index contributed by atoms with van der Waals surface area (Å²) in [5.41, 5.74) is 0.396. The third kappa shape index (κ3) is 7.82. The molecule has 0 radical (unpaired) electrons. The summed E-state index contributed by atoms with van der Waals surface area (Å²) in [7, 11) is 0. The van der Waals surface area contributed by atoms with Crippen molar-refractivity contribution in [2.45, 2.75) is 33.3 Å². The van der Waals surface area contributed by atoms with Gasteiger partial charge in [0.15, 0.2) is 0 Å². The van der Waals surface area contributed by atoms with Crippen LogP contribution in [0.15, 0.2) is 53.0 Å². The molecule has 2 atom stereocenters. The Balaban J connectivity index is 2.12. The molecule has 7 heteroatoms. The molecule has 2 aromatic rings. The van der Waals surface area contributed by atoms with Gasteiger partial charge < -0.3 is 14.2 Å². The van der Waals surface area contributed by atoms with E-state index in [9.17, 15) is 4.79 Å². The molecule has 0 amide bonds. The highest BCUT2D eigenvalue weighted by Crippen LogP contribution is 2.27. The van der Waals surface area contributed by atoms with Gasteiger partial charge in [0.1, 0.15) is 16.0 Å². The number of hydrogen-bond donors (Lipinski definition) is 0. The maximum atomic E-state index is 12.7. The standard InChI is InChI=1S/C24H25Cl2NO4/c1-5-21(31-24(28)19(16(3)4)14-15-22(25)26)20-8-7-9-23(27-20)30-18-12-10-17(11-13-18)29-6-2/h1,7-13,15-16,19,21H,6,14H2,2-4H3. The Hall–Kier alpha value is -2.68. The van der Waals surface area contributed by atoms with Crippen LogP contribution < -0.4 is 9.47 Å². The highest BCUT2D eigenvalue weighted by atomic mass is 35.5. The van der Waals surface area contributed by atoms with Crippen molar-refractivity contribution in [3.05, 3.63) is 58.7 Å². The quantitative estimate of drug-likeness (QED) is 0.299. The topological polar surface area (TPSA) is 57.7 Å².